The van der Waals surface area contributed by atoms with Gasteiger partial charge >= 0.3 is 0 Å². The summed E-state index contributed by atoms with van der Waals surface area (Å²) in [7, 11) is 2.15. The van der Waals surface area contributed by atoms with E-state index in [1.54, 1.807) is 0 Å². The quantitative estimate of drug-likeness (QED) is 0.184. The maximum atomic E-state index is 2.53. The van der Waals surface area contributed by atoms with E-state index in [2.05, 4.69) is 169 Å². The molecule has 3 nitrogen and oxygen atoms in total. The molecule has 0 aliphatic carbocycles. The Kier molecular flexibility index (Phi) is 7.39. The Labute approximate surface area is 261 Å². The van der Waals surface area contributed by atoms with E-state index in [-0.39, 0.29) is 6.04 Å². The molecule has 1 unspecified atom stereocenters. The first kappa shape index (κ1) is 27.9. The highest BCUT2D eigenvalue weighted by molar-refractivity contribution is 5.68. The van der Waals surface area contributed by atoms with E-state index in [1.165, 1.54) is 67.2 Å². The van der Waals surface area contributed by atoms with Crippen molar-refractivity contribution in [2.24, 2.45) is 7.05 Å². The van der Waals surface area contributed by atoms with Crippen LogP contribution in [0.3, 0.4) is 0 Å². The van der Waals surface area contributed by atoms with E-state index < -0.39 is 0 Å². The number of nitrogens with zero attached hydrogens (tertiary/aromatic N) is 3. The van der Waals surface area contributed by atoms with Crippen LogP contribution >= 0.6 is 0 Å². The van der Waals surface area contributed by atoms with Gasteiger partial charge in [0.15, 0.2) is 18.6 Å². The summed E-state index contributed by atoms with van der Waals surface area (Å²) in [6.07, 6.45) is 8.61. The summed E-state index contributed by atoms with van der Waals surface area (Å²) in [5, 5.41) is 0. The van der Waals surface area contributed by atoms with Crippen molar-refractivity contribution in [3.05, 3.63) is 161 Å². The monoisotopic (exact) mass is 574 g/mol. The van der Waals surface area contributed by atoms with Gasteiger partial charge in [-0.2, -0.15) is 9.13 Å². The van der Waals surface area contributed by atoms with Crippen molar-refractivity contribution in [3.8, 4) is 33.8 Å². The van der Waals surface area contributed by atoms with Gasteiger partial charge in [0.05, 0.1) is 5.56 Å². The molecule has 0 N–H and O–H groups in total. The standard InChI is InChI=1S/C41H40N3/c1-29-14-11-25-42(4)39(29)34-19-7-5-17-32(34)23-24-33-18-6-8-20-35(33)41-31(3)16-13-27-44(41)38-28-43-26-12-15-30(2)40(43)37-22-10-9-21-36(37)38/h5-22,25-27,38H,23-24,28H2,1-4H3/q+3. The molecule has 0 fully saturated rings. The predicted octanol–water partition coefficient (Wildman–Crippen LogP) is 7.40. The summed E-state index contributed by atoms with van der Waals surface area (Å²) >= 11 is 0. The van der Waals surface area contributed by atoms with Gasteiger partial charge in [0.1, 0.15) is 7.05 Å². The van der Waals surface area contributed by atoms with Gasteiger partial charge in [-0.25, -0.2) is 4.57 Å². The molecule has 7 rings (SSSR count). The highest BCUT2D eigenvalue weighted by Crippen LogP contribution is 2.35. The fourth-order valence-electron chi connectivity index (χ4n) is 7.32. The number of hydrogen-bond donors (Lipinski definition) is 0. The zero-order valence-corrected chi connectivity index (χ0v) is 26.2. The second kappa shape index (κ2) is 11.7. The summed E-state index contributed by atoms with van der Waals surface area (Å²) in [5.74, 6) is 0. The zero-order chi connectivity index (χ0) is 30.2. The lowest BCUT2D eigenvalue weighted by Gasteiger charge is -2.23. The molecule has 0 spiro atoms. The van der Waals surface area contributed by atoms with Gasteiger partial charge in [0.2, 0.25) is 29.7 Å². The lowest BCUT2D eigenvalue weighted by atomic mass is 9.89. The van der Waals surface area contributed by atoms with Crippen LogP contribution in [0.4, 0.5) is 0 Å². The van der Waals surface area contributed by atoms with Crippen LogP contribution in [0.15, 0.2) is 128 Å². The normalized spacial score (nSPS) is 13.8. The molecule has 216 valence electrons. The summed E-state index contributed by atoms with van der Waals surface area (Å²) in [5.41, 5.74) is 16.0. The molecule has 3 aromatic heterocycles. The third kappa shape index (κ3) is 4.93. The topological polar surface area (TPSA) is 11.6 Å². The van der Waals surface area contributed by atoms with Crippen LogP contribution < -0.4 is 13.7 Å². The van der Waals surface area contributed by atoms with Crippen LogP contribution in [0.2, 0.25) is 0 Å². The van der Waals surface area contributed by atoms with E-state index >= 15 is 0 Å². The molecule has 0 radical (unpaired) electrons. The summed E-state index contributed by atoms with van der Waals surface area (Å²) in [4.78, 5) is 0. The van der Waals surface area contributed by atoms with E-state index in [0.717, 1.165) is 19.4 Å². The Balaban J connectivity index is 1.30. The largest absolute Gasteiger partial charge is 0.243 e. The molecule has 0 bridgehead atoms. The second-order valence-electron chi connectivity index (χ2n) is 12.2. The van der Waals surface area contributed by atoms with E-state index in [9.17, 15) is 0 Å². The number of pyridine rings is 3. The third-order valence-corrected chi connectivity index (χ3v) is 9.37. The summed E-state index contributed by atoms with van der Waals surface area (Å²) in [6.45, 7) is 7.59. The Morgan fingerprint density at radius 2 is 1.05 bits per heavy atom. The number of benzene rings is 3. The van der Waals surface area contributed by atoms with Crippen LogP contribution in [-0.2, 0) is 26.4 Å². The molecule has 0 saturated heterocycles. The first-order chi connectivity index (χ1) is 21.5. The van der Waals surface area contributed by atoms with Gasteiger partial charge < -0.3 is 0 Å². The van der Waals surface area contributed by atoms with Crippen molar-refractivity contribution in [2.75, 3.05) is 0 Å². The molecule has 6 aromatic rings. The highest BCUT2D eigenvalue weighted by atomic mass is 15.1. The minimum Gasteiger partial charge on any atom is -0.201 e. The minimum atomic E-state index is 0.190. The Morgan fingerprint density at radius 1 is 0.523 bits per heavy atom. The first-order valence-corrected chi connectivity index (χ1v) is 15.7. The van der Waals surface area contributed by atoms with Gasteiger partial charge in [-0.15, -0.1) is 0 Å². The van der Waals surface area contributed by atoms with Gasteiger partial charge in [-0.05, 0) is 81.1 Å². The lowest BCUT2D eigenvalue weighted by Crippen LogP contribution is -2.54. The fraction of sp³-hybridized carbons (Fsp3) is 0.195. The van der Waals surface area contributed by atoms with Gasteiger partial charge in [0, 0.05) is 51.6 Å². The van der Waals surface area contributed by atoms with Gasteiger partial charge in [-0.1, -0.05) is 54.6 Å². The Morgan fingerprint density at radius 3 is 1.73 bits per heavy atom. The van der Waals surface area contributed by atoms with Gasteiger partial charge in [0.25, 0.3) is 0 Å². The fourth-order valence-corrected chi connectivity index (χ4v) is 7.32. The van der Waals surface area contributed by atoms with Crippen LogP contribution in [0, 0.1) is 20.8 Å². The molecule has 3 heteroatoms. The molecular weight excluding hydrogens is 534 g/mol. The maximum absolute atomic E-state index is 2.53. The number of aromatic nitrogens is 3. The molecule has 1 aliphatic heterocycles. The maximum Gasteiger partial charge on any atom is 0.243 e. The van der Waals surface area contributed by atoms with E-state index in [1.807, 2.05) is 0 Å². The zero-order valence-electron chi connectivity index (χ0n) is 26.2. The van der Waals surface area contributed by atoms with Crippen LogP contribution in [0.5, 0.6) is 0 Å². The van der Waals surface area contributed by atoms with Crippen molar-refractivity contribution >= 4 is 0 Å². The lowest BCUT2D eigenvalue weighted by molar-refractivity contribution is -0.784. The van der Waals surface area contributed by atoms with Crippen molar-refractivity contribution in [1.29, 1.82) is 0 Å². The van der Waals surface area contributed by atoms with Crippen molar-refractivity contribution in [3.63, 3.8) is 0 Å². The number of aryl methyl sites for hydroxylation is 6. The molecule has 0 saturated carbocycles. The van der Waals surface area contributed by atoms with Crippen molar-refractivity contribution in [1.82, 2.24) is 0 Å². The van der Waals surface area contributed by atoms with E-state index in [4.69, 9.17) is 0 Å². The second-order valence-corrected chi connectivity index (χ2v) is 12.2. The van der Waals surface area contributed by atoms with Crippen LogP contribution in [0.25, 0.3) is 33.8 Å². The average Bonchev–Trinajstić information content (AvgIpc) is 3.04. The molecule has 1 atom stereocenters. The first-order valence-electron chi connectivity index (χ1n) is 15.7. The smallest absolute Gasteiger partial charge is 0.201 e. The summed E-state index contributed by atoms with van der Waals surface area (Å²) in [6, 6.07) is 40.3. The van der Waals surface area contributed by atoms with E-state index in [0.29, 0.717) is 0 Å². The molecule has 1 aliphatic rings. The number of hydrogen-bond acceptors (Lipinski definition) is 0. The number of rotatable bonds is 6. The van der Waals surface area contributed by atoms with Gasteiger partial charge in [-0.3, -0.25) is 0 Å². The van der Waals surface area contributed by atoms with Crippen LogP contribution in [-0.4, -0.2) is 0 Å². The van der Waals surface area contributed by atoms with Crippen LogP contribution in [0.1, 0.15) is 39.4 Å². The Bertz CT molecular complexity index is 1980. The average molecular weight is 575 g/mol. The summed E-state index contributed by atoms with van der Waals surface area (Å²) < 4.78 is 7.22. The van der Waals surface area contributed by atoms with Crippen molar-refractivity contribution < 1.29 is 13.7 Å². The molecule has 3 aromatic carbocycles. The SMILES string of the molecule is Cc1ccc[n+](C)c1-c1ccccc1CCc1ccccc1-c1c(C)ccc[n+]1C1C[n+]2cccc(C)c2-c2ccccc21. The molecular formula is C41H40N3+3. The predicted molar refractivity (Wildman–Crippen MR) is 177 cm³/mol. The third-order valence-electron chi connectivity index (χ3n) is 9.37. The number of fused-ring (bicyclic) bond motifs is 3. The Hall–Kier alpha value is -4.89. The molecule has 0 amide bonds. The molecule has 44 heavy (non-hydrogen) atoms. The van der Waals surface area contributed by atoms with Crippen molar-refractivity contribution in [2.45, 2.75) is 46.2 Å². The molecule has 4 heterocycles. The minimum absolute atomic E-state index is 0.190. The highest BCUT2D eigenvalue weighted by Gasteiger charge is 2.39.